The van der Waals surface area contributed by atoms with Crippen LogP contribution >= 0.6 is 0 Å². The van der Waals surface area contributed by atoms with E-state index < -0.39 is 6.10 Å². The van der Waals surface area contributed by atoms with Crippen LogP contribution in [0.25, 0.3) is 10.8 Å². The van der Waals surface area contributed by atoms with Crippen molar-refractivity contribution in [3.8, 4) is 17.2 Å². The molecule has 1 aliphatic rings. The fourth-order valence-corrected chi connectivity index (χ4v) is 3.05. The van der Waals surface area contributed by atoms with E-state index in [2.05, 4.69) is 0 Å². The van der Waals surface area contributed by atoms with Gasteiger partial charge in [-0.25, -0.2) is 0 Å². The van der Waals surface area contributed by atoms with Crippen LogP contribution in [-0.4, -0.2) is 16.0 Å². The highest BCUT2D eigenvalue weighted by molar-refractivity contribution is 6.09. The van der Waals surface area contributed by atoms with E-state index in [0.717, 1.165) is 5.39 Å². The first-order chi connectivity index (χ1) is 11.6. The Labute approximate surface area is 138 Å². The average molecular weight is 318 g/mol. The number of phenols is 2. The smallest absolute Gasteiger partial charge is 0.189 e. The van der Waals surface area contributed by atoms with Crippen molar-refractivity contribution in [2.45, 2.75) is 6.10 Å². The van der Waals surface area contributed by atoms with Gasteiger partial charge in [-0.3, -0.25) is 4.79 Å². The number of allylic oxidation sites excluding steroid dienone is 1. The number of ether oxygens (including phenoxy) is 1. The summed E-state index contributed by atoms with van der Waals surface area (Å²) in [7, 11) is 0. The van der Waals surface area contributed by atoms with E-state index in [9.17, 15) is 15.0 Å². The molecule has 0 amide bonds. The maximum Gasteiger partial charge on any atom is 0.189 e. The van der Waals surface area contributed by atoms with Crippen LogP contribution in [0.5, 0.6) is 17.2 Å². The third-order valence-corrected chi connectivity index (χ3v) is 4.15. The minimum absolute atomic E-state index is 0.0591. The molecule has 4 heteroatoms. The molecular formula is C20H14O4. The SMILES string of the molecule is O=C1C=CC(Oc2cccc3cccc(O)c23)c2cccc(O)c21. The molecular weight excluding hydrogens is 304 g/mol. The molecule has 1 unspecified atom stereocenters. The van der Waals surface area contributed by atoms with Gasteiger partial charge in [0.15, 0.2) is 5.78 Å². The second-order valence-corrected chi connectivity index (χ2v) is 5.63. The second kappa shape index (κ2) is 5.42. The van der Waals surface area contributed by atoms with E-state index in [4.69, 9.17) is 4.74 Å². The summed E-state index contributed by atoms with van der Waals surface area (Å²) in [5, 5.41) is 21.6. The molecule has 0 aromatic heterocycles. The van der Waals surface area contributed by atoms with Gasteiger partial charge in [-0.1, -0.05) is 36.4 Å². The fraction of sp³-hybridized carbons (Fsp3) is 0.0500. The normalized spacial score (nSPS) is 16.2. The van der Waals surface area contributed by atoms with Gasteiger partial charge in [-0.15, -0.1) is 0 Å². The van der Waals surface area contributed by atoms with Crippen LogP contribution in [0, 0.1) is 0 Å². The molecule has 1 aliphatic carbocycles. The lowest BCUT2D eigenvalue weighted by Crippen LogP contribution is -2.15. The number of fused-ring (bicyclic) bond motifs is 2. The fourth-order valence-electron chi connectivity index (χ4n) is 3.05. The maximum absolute atomic E-state index is 12.0. The Bertz CT molecular complexity index is 983. The van der Waals surface area contributed by atoms with Gasteiger partial charge in [0.25, 0.3) is 0 Å². The highest BCUT2D eigenvalue weighted by Gasteiger charge is 2.25. The minimum atomic E-state index is -0.519. The Morgan fingerprint density at radius 2 is 1.58 bits per heavy atom. The zero-order chi connectivity index (χ0) is 16.7. The van der Waals surface area contributed by atoms with Gasteiger partial charge in [-0.05, 0) is 35.7 Å². The number of hydrogen-bond acceptors (Lipinski definition) is 4. The Hall–Kier alpha value is -3.27. The van der Waals surface area contributed by atoms with Crippen molar-refractivity contribution in [2.75, 3.05) is 0 Å². The van der Waals surface area contributed by atoms with Gasteiger partial charge in [0.2, 0.25) is 0 Å². The topological polar surface area (TPSA) is 66.8 Å². The monoisotopic (exact) mass is 318 g/mol. The number of carbonyl (C=O) groups excluding carboxylic acids is 1. The first-order valence-electron chi connectivity index (χ1n) is 7.57. The molecule has 1 atom stereocenters. The number of phenolic OH excluding ortho intramolecular Hbond substituents is 2. The number of rotatable bonds is 2. The number of aromatic hydroxyl groups is 2. The van der Waals surface area contributed by atoms with Crippen LogP contribution in [0.4, 0.5) is 0 Å². The number of benzene rings is 3. The Balaban J connectivity index is 1.82. The van der Waals surface area contributed by atoms with Crippen molar-refractivity contribution < 1.29 is 19.7 Å². The van der Waals surface area contributed by atoms with E-state index in [0.29, 0.717) is 16.7 Å². The molecule has 0 radical (unpaired) electrons. The molecule has 118 valence electrons. The third-order valence-electron chi connectivity index (χ3n) is 4.15. The largest absolute Gasteiger partial charge is 0.507 e. The highest BCUT2D eigenvalue weighted by Crippen LogP contribution is 2.38. The number of ketones is 1. The molecule has 0 fully saturated rings. The summed E-state index contributed by atoms with van der Waals surface area (Å²) in [4.78, 5) is 12.0. The van der Waals surface area contributed by atoms with Crippen molar-refractivity contribution in [1.29, 1.82) is 0 Å². The molecule has 0 aliphatic heterocycles. The lowest BCUT2D eigenvalue weighted by molar-refractivity contribution is 0.103. The van der Waals surface area contributed by atoms with Gasteiger partial charge in [-0.2, -0.15) is 0 Å². The zero-order valence-corrected chi connectivity index (χ0v) is 12.6. The van der Waals surface area contributed by atoms with Crippen LogP contribution in [0.15, 0.2) is 66.7 Å². The molecule has 3 aromatic rings. The van der Waals surface area contributed by atoms with Gasteiger partial charge >= 0.3 is 0 Å². The number of carbonyl (C=O) groups is 1. The second-order valence-electron chi connectivity index (χ2n) is 5.63. The molecule has 4 rings (SSSR count). The van der Waals surface area contributed by atoms with Crippen LogP contribution in [-0.2, 0) is 0 Å². The van der Waals surface area contributed by atoms with Gasteiger partial charge in [0, 0.05) is 5.56 Å². The minimum Gasteiger partial charge on any atom is -0.507 e. The predicted octanol–water partition coefficient (Wildman–Crippen LogP) is 4.12. The van der Waals surface area contributed by atoms with Gasteiger partial charge in [0.1, 0.15) is 23.4 Å². The molecule has 0 bridgehead atoms. The first-order valence-corrected chi connectivity index (χ1v) is 7.57. The summed E-state index contributed by atoms with van der Waals surface area (Å²) in [5.74, 6) is 0.346. The molecule has 0 spiro atoms. The van der Waals surface area contributed by atoms with E-state index in [-0.39, 0.29) is 22.8 Å². The van der Waals surface area contributed by atoms with Crippen molar-refractivity contribution in [3.63, 3.8) is 0 Å². The quantitative estimate of drug-likeness (QED) is 0.746. The number of hydrogen-bond donors (Lipinski definition) is 2. The Kier molecular flexibility index (Phi) is 3.24. The highest BCUT2D eigenvalue weighted by atomic mass is 16.5. The average Bonchev–Trinajstić information content (AvgIpc) is 2.58. The van der Waals surface area contributed by atoms with E-state index in [1.54, 1.807) is 36.4 Å². The van der Waals surface area contributed by atoms with Gasteiger partial charge in [0.05, 0.1) is 10.9 Å². The summed E-state index contributed by atoms with van der Waals surface area (Å²) >= 11 is 0. The van der Waals surface area contributed by atoms with Crippen LogP contribution < -0.4 is 4.74 Å². The lowest BCUT2D eigenvalue weighted by atomic mass is 9.93. The predicted molar refractivity (Wildman–Crippen MR) is 90.6 cm³/mol. The summed E-state index contributed by atoms with van der Waals surface area (Å²) in [6.45, 7) is 0. The molecule has 4 nitrogen and oxygen atoms in total. The summed E-state index contributed by atoms with van der Waals surface area (Å²) in [5.41, 5.74) is 0.865. The molecule has 2 N–H and O–H groups in total. The van der Waals surface area contributed by atoms with Crippen molar-refractivity contribution in [1.82, 2.24) is 0 Å². The zero-order valence-electron chi connectivity index (χ0n) is 12.6. The van der Waals surface area contributed by atoms with E-state index in [1.165, 1.54) is 12.1 Å². The van der Waals surface area contributed by atoms with Crippen molar-refractivity contribution in [3.05, 3.63) is 77.9 Å². The summed E-state index contributed by atoms with van der Waals surface area (Å²) < 4.78 is 6.07. The maximum atomic E-state index is 12.0. The van der Waals surface area contributed by atoms with E-state index >= 15 is 0 Å². The first kappa shape index (κ1) is 14.3. The standard InChI is InChI=1S/C20H14O4/c21-14-7-1-4-12-5-2-9-18(19(12)14)24-17-11-10-16(23)20-13(17)6-3-8-15(20)22/h1-11,17,21-22H. The van der Waals surface area contributed by atoms with Crippen molar-refractivity contribution in [2.24, 2.45) is 0 Å². The summed E-state index contributed by atoms with van der Waals surface area (Å²) in [6.07, 6.45) is 2.54. The Morgan fingerprint density at radius 3 is 2.42 bits per heavy atom. The molecule has 3 aromatic carbocycles. The van der Waals surface area contributed by atoms with Crippen LogP contribution in [0.1, 0.15) is 22.0 Å². The molecule has 0 saturated heterocycles. The third kappa shape index (κ3) is 2.20. The summed E-state index contributed by atoms with van der Waals surface area (Å²) in [6, 6.07) is 15.7. The molecule has 0 heterocycles. The van der Waals surface area contributed by atoms with Crippen LogP contribution in [0.3, 0.4) is 0 Å². The van der Waals surface area contributed by atoms with E-state index in [1.807, 2.05) is 18.2 Å². The Morgan fingerprint density at radius 1 is 0.875 bits per heavy atom. The van der Waals surface area contributed by atoms with Crippen LogP contribution in [0.2, 0.25) is 0 Å². The van der Waals surface area contributed by atoms with Gasteiger partial charge < -0.3 is 14.9 Å². The lowest BCUT2D eigenvalue weighted by Gasteiger charge is -2.23. The molecule has 24 heavy (non-hydrogen) atoms. The molecule has 0 saturated carbocycles. The van der Waals surface area contributed by atoms with Crippen molar-refractivity contribution >= 4 is 16.6 Å².